The maximum absolute atomic E-state index is 12.7. The molecule has 0 aliphatic heterocycles. The molecule has 7 nitrogen and oxygen atoms in total. The van der Waals surface area contributed by atoms with Crippen molar-refractivity contribution in [3.05, 3.63) is 60.3 Å². The van der Waals surface area contributed by atoms with Crippen LogP contribution >= 0.6 is 0 Å². The van der Waals surface area contributed by atoms with Crippen LogP contribution in [0.5, 0.6) is 5.75 Å². The third kappa shape index (κ3) is 3.87. The van der Waals surface area contributed by atoms with Gasteiger partial charge in [-0.25, -0.2) is 18.1 Å². The van der Waals surface area contributed by atoms with E-state index in [1.807, 2.05) is 18.2 Å². The van der Waals surface area contributed by atoms with Crippen LogP contribution in [-0.4, -0.2) is 27.9 Å². The molecular weight excluding hydrogens is 400 g/mol. The highest BCUT2D eigenvalue weighted by Crippen LogP contribution is 2.28. The molecule has 1 aliphatic carbocycles. The fraction of sp³-hybridized carbons (Fsp3) is 0.211. The number of hydrogen-bond donors (Lipinski definition) is 1. The first-order chi connectivity index (χ1) is 13.2. The summed E-state index contributed by atoms with van der Waals surface area (Å²) < 4.78 is 57.6. The van der Waals surface area contributed by atoms with Crippen LogP contribution in [0.3, 0.4) is 0 Å². The largest absolute Gasteiger partial charge is 0.377 e. The molecule has 1 fully saturated rings. The number of hydrogen-bond acceptors (Lipinski definition) is 6. The predicted octanol–water partition coefficient (Wildman–Crippen LogP) is 2.75. The molecule has 146 valence electrons. The number of aryl methyl sites for hydroxylation is 1. The normalized spacial score (nSPS) is 14.9. The Kier molecular flexibility index (Phi) is 4.60. The molecule has 28 heavy (non-hydrogen) atoms. The van der Waals surface area contributed by atoms with Gasteiger partial charge in [-0.2, -0.15) is 8.42 Å². The van der Waals surface area contributed by atoms with Crippen molar-refractivity contribution in [1.82, 2.24) is 9.71 Å². The predicted molar refractivity (Wildman–Crippen MR) is 104 cm³/mol. The highest BCUT2D eigenvalue weighted by Gasteiger charge is 2.28. The average Bonchev–Trinajstić information content (AvgIpc) is 3.45. The Labute approximate surface area is 163 Å². The van der Waals surface area contributed by atoms with Crippen molar-refractivity contribution in [2.75, 3.05) is 0 Å². The number of sulfonamides is 1. The summed E-state index contributed by atoms with van der Waals surface area (Å²) in [6.07, 6.45) is 1.64. The van der Waals surface area contributed by atoms with Gasteiger partial charge in [0.15, 0.2) is 5.75 Å². The van der Waals surface area contributed by atoms with E-state index < -0.39 is 20.1 Å². The molecule has 3 aromatic rings. The Bertz CT molecular complexity index is 1250. The van der Waals surface area contributed by atoms with Gasteiger partial charge in [0.05, 0.1) is 4.90 Å². The van der Waals surface area contributed by atoms with Crippen LogP contribution < -0.4 is 8.91 Å². The highest BCUT2D eigenvalue weighted by molar-refractivity contribution is 7.89. The molecule has 4 rings (SSSR count). The van der Waals surface area contributed by atoms with Crippen molar-refractivity contribution in [3.8, 4) is 5.75 Å². The number of aromatic nitrogens is 1. The summed E-state index contributed by atoms with van der Waals surface area (Å²) >= 11 is 0. The lowest BCUT2D eigenvalue weighted by atomic mass is 10.2. The number of pyridine rings is 1. The van der Waals surface area contributed by atoms with Crippen molar-refractivity contribution in [3.63, 3.8) is 0 Å². The first-order valence-electron chi connectivity index (χ1n) is 8.68. The second kappa shape index (κ2) is 6.84. The number of fused-ring (bicyclic) bond motifs is 1. The number of nitrogens with one attached hydrogen (secondary N) is 1. The van der Waals surface area contributed by atoms with E-state index >= 15 is 0 Å². The highest BCUT2D eigenvalue weighted by atomic mass is 32.2. The zero-order valence-corrected chi connectivity index (χ0v) is 16.6. The van der Waals surface area contributed by atoms with Crippen molar-refractivity contribution in [1.29, 1.82) is 0 Å². The van der Waals surface area contributed by atoms with Gasteiger partial charge < -0.3 is 4.18 Å². The number of nitrogens with zero attached hydrogens (tertiary/aromatic N) is 1. The summed E-state index contributed by atoms with van der Waals surface area (Å²) in [4.78, 5) is 4.23. The first-order valence-corrected chi connectivity index (χ1v) is 11.6. The molecule has 1 saturated carbocycles. The minimum atomic E-state index is -4.15. The van der Waals surface area contributed by atoms with Crippen LogP contribution in [0, 0.1) is 6.92 Å². The van der Waals surface area contributed by atoms with Crippen LogP contribution in [0.25, 0.3) is 10.9 Å². The van der Waals surface area contributed by atoms with Gasteiger partial charge in [-0.1, -0.05) is 18.2 Å². The summed E-state index contributed by atoms with van der Waals surface area (Å²) in [6.45, 7) is 1.81. The standard InChI is InChI=1S/C19H18N2O5S2/c1-13-5-6-14-3-2-4-18(19(14)20-13)26-28(24,25)17-11-9-16(10-12-17)27(22,23)21-15-7-8-15/h2-6,9-12,15,21H,7-8H2,1H3. The molecule has 1 heterocycles. The number of para-hydroxylation sites is 1. The van der Waals surface area contributed by atoms with Crippen molar-refractivity contribution >= 4 is 31.0 Å². The zero-order valence-electron chi connectivity index (χ0n) is 15.0. The van der Waals surface area contributed by atoms with Crippen molar-refractivity contribution in [2.45, 2.75) is 35.6 Å². The maximum atomic E-state index is 12.7. The molecule has 0 radical (unpaired) electrons. The summed E-state index contributed by atoms with van der Waals surface area (Å²) in [7, 11) is -7.79. The zero-order chi connectivity index (χ0) is 19.9. The van der Waals surface area contributed by atoms with Gasteiger partial charge >= 0.3 is 10.1 Å². The monoisotopic (exact) mass is 418 g/mol. The number of benzene rings is 2. The molecule has 0 saturated heterocycles. The molecule has 2 aromatic carbocycles. The SMILES string of the molecule is Cc1ccc2cccc(OS(=O)(=O)c3ccc(S(=O)(=O)NC4CC4)cc3)c2n1. The fourth-order valence-electron chi connectivity index (χ4n) is 2.73. The minimum Gasteiger partial charge on any atom is -0.377 e. The molecule has 0 amide bonds. The first kappa shape index (κ1) is 18.9. The molecule has 0 bridgehead atoms. The Morgan fingerprint density at radius 1 is 0.929 bits per heavy atom. The van der Waals surface area contributed by atoms with Gasteiger partial charge in [-0.3, -0.25) is 0 Å². The lowest BCUT2D eigenvalue weighted by Gasteiger charge is -2.10. The second-order valence-corrected chi connectivity index (χ2v) is 9.95. The van der Waals surface area contributed by atoms with E-state index in [-0.39, 0.29) is 21.6 Å². The van der Waals surface area contributed by atoms with Crippen LogP contribution in [0.15, 0.2) is 64.4 Å². The van der Waals surface area contributed by atoms with Gasteiger partial charge in [-0.15, -0.1) is 0 Å². The lowest BCUT2D eigenvalue weighted by Crippen LogP contribution is -2.25. The Balaban J connectivity index is 1.63. The summed E-state index contributed by atoms with van der Waals surface area (Å²) in [5.41, 5.74) is 1.18. The summed E-state index contributed by atoms with van der Waals surface area (Å²) in [5, 5.41) is 0.755. The molecule has 0 spiro atoms. The Morgan fingerprint density at radius 2 is 1.61 bits per heavy atom. The smallest absolute Gasteiger partial charge is 0.339 e. The van der Waals surface area contributed by atoms with E-state index in [1.54, 1.807) is 13.0 Å². The van der Waals surface area contributed by atoms with E-state index in [1.165, 1.54) is 30.3 Å². The fourth-order valence-corrected chi connectivity index (χ4v) is 4.97. The van der Waals surface area contributed by atoms with Gasteiger partial charge in [-0.05, 0) is 56.2 Å². The van der Waals surface area contributed by atoms with Gasteiger partial charge in [0.25, 0.3) is 0 Å². The van der Waals surface area contributed by atoms with E-state index in [4.69, 9.17) is 4.18 Å². The van der Waals surface area contributed by atoms with Crippen LogP contribution in [0.2, 0.25) is 0 Å². The van der Waals surface area contributed by atoms with Gasteiger partial charge in [0, 0.05) is 17.1 Å². The minimum absolute atomic E-state index is 0.0146. The maximum Gasteiger partial charge on any atom is 0.339 e. The average molecular weight is 418 g/mol. The lowest BCUT2D eigenvalue weighted by molar-refractivity contribution is 0.488. The molecule has 0 unspecified atom stereocenters. The van der Waals surface area contributed by atoms with Crippen molar-refractivity contribution < 1.29 is 21.0 Å². The van der Waals surface area contributed by atoms with Crippen LogP contribution in [0.1, 0.15) is 18.5 Å². The Hall–Kier alpha value is -2.49. The molecule has 1 aliphatic rings. The van der Waals surface area contributed by atoms with Gasteiger partial charge in [0.1, 0.15) is 10.4 Å². The quantitative estimate of drug-likeness (QED) is 0.618. The second-order valence-electron chi connectivity index (χ2n) is 6.68. The van der Waals surface area contributed by atoms with Crippen LogP contribution in [0.4, 0.5) is 0 Å². The van der Waals surface area contributed by atoms with E-state index in [0.717, 1.165) is 23.9 Å². The topological polar surface area (TPSA) is 102 Å². The number of rotatable bonds is 6. The van der Waals surface area contributed by atoms with E-state index in [0.29, 0.717) is 5.52 Å². The third-order valence-corrected chi connectivity index (χ3v) is 7.13. The molecular formula is C19H18N2O5S2. The molecule has 1 aromatic heterocycles. The van der Waals surface area contributed by atoms with E-state index in [9.17, 15) is 16.8 Å². The molecule has 1 N–H and O–H groups in total. The molecule has 0 atom stereocenters. The van der Waals surface area contributed by atoms with Gasteiger partial charge in [0.2, 0.25) is 10.0 Å². The Morgan fingerprint density at radius 3 is 2.29 bits per heavy atom. The van der Waals surface area contributed by atoms with Crippen LogP contribution in [-0.2, 0) is 20.1 Å². The summed E-state index contributed by atoms with van der Waals surface area (Å²) in [5.74, 6) is 0.119. The molecule has 9 heteroatoms. The third-order valence-electron chi connectivity index (χ3n) is 4.34. The van der Waals surface area contributed by atoms with E-state index in [2.05, 4.69) is 9.71 Å². The van der Waals surface area contributed by atoms with Crippen molar-refractivity contribution in [2.24, 2.45) is 0 Å². The summed E-state index contributed by atoms with van der Waals surface area (Å²) in [6, 6.07) is 13.6.